The summed E-state index contributed by atoms with van der Waals surface area (Å²) in [6, 6.07) is 1.49. The van der Waals surface area contributed by atoms with E-state index in [9.17, 15) is 0 Å². The van der Waals surface area contributed by atoms with Crippen LogP contribution in [0.3, 0.4) is 0 Å². The van der Waals surface area contributed by atoms with Crippen molar-refractivity contribution in [3.63, 3.8) is 0 Å². The highest BCUT2D eigenvalue weighted by Gasteiger charge is 2.48. The van der Waals surface area contributed by atoms with Crippen molar-refractivity contribution in [2.75, 3.05) is 19.6 Å². The maximum absolute atomic E-state index is 6.11. The largest absolute Gasteiger partial charge is 0.329 e. The molecule has 2 atom stereocenters. The second kappa shape index (κ2) is 4.28. The highest BCUT2D eigenvalue weighted by molar-refractivity contribution is 5.09. The van der Waals surface area contributed by atoms with E-state index < -0.39 is 0 Å². The van der Waals surface area contributed by atoms with Gasteiger partial charge in [-0.25, -0.2) is 0 Å². The molecule has 2 saturated heterocycles. The molecule has 2 heterocycles. The van der Waals surface area contributed by atoms with Crippen LogP contribution in [0.2, 0.25) is 0 Å². The Kier molecular flexibility index (Phi) is 2.94. The lowest BCUT2D eigenvalue weighted by atomic mass is 9.87. The number of nitrogens with two attached hydrogens (primary N) is 1. The average Bonchev–Trinajstić information content (AvgIpc) is 2.98. The molecular weight excluding hydrogens is 198 g/mol. The first kappa shape index (κ1) is 11.0. The van der Waals surface area contributed by atoms with Gasteiger partial charge in [0, 0.05) is 30.7 Å². The molecule has 1 saturated carbocycles. The first-order valence-electron chi connectivity index (χ1n) is 7.06. The van der Waals surface area contributed by atoms with Crippen LogP contribution in [-0.4, -0.2) is 42.2 Å². The minimum atomic E-state index is 0.255. The van der Waals surface area contributed by atoms with Crippen LogP contribution in [-0.2, 0) is 0 Å². The Morgan fingerprint density at radius 2 is 1.94 bits per heavy atom. The van der Waals surface area contributed by atoms with Crippen molar-refractivity contribution in [3.8, 4) is 0 Å². The van der Waals surface area contributed by atoms with Crippen LogP contribution in [0.25, 0.3) is 0 Å². The molecule has 0 aromatic heterocycles. The van der Waals surface area contributed by atoms with E-state index in [-0.39, 0.29) is 5.54 Å². The van der Waals surface area contributed by atoms with Crippen LogP contribution in [0.4, 0.5) is 0 Å². The van der Waals surface area contributed by atoms with Crippen LogP contribution in [0.1, 0.15) is 44.9 Å². The van der Waals surface area contributed by atoms with Gasteiger partial charge in [-0.3, -0.25) is 4.90 Å². The van der Waals surface area contributed by atoms with Crippen molar-refractivity contribution >= 4 is 0 Å². The quantitative estimate of drug-likeness (QED) is 0.752. The molecule has 3 rings (SSSR count). The van der Waals surface area contributed by atoms with Crippen molar-refractivity contribution in [3.05, 3.63) is 0 Å². The molecule has 0 aromatic carbocycles. The van der Waals surface area contributed by atoms with E-state index in [0.29, 0.717) is 0 Å². The molecule has 92 valence electrons. The van der Waals surface area contributed by atoms with Gasteiger partial charge in [0.2, 0.25) is 0 Å². The molecule has 3 heteroatoms. The smallest absolute Gasteiger partial charge is 0.0475 e. The Morgan fingerprint density at radius 3 is 2.69 bits per heavy atom. The monoisotopic (exact) mass is 223 g/mol. The lowest BCUT2D eigenvalue weighted by Crippen LogP contribution is -2.60. The van der Waals surface area contributed by atoms with Crippen molar-refractivity contribution in [1.82, 2.24) is 10.2 Å². The van der Waals surface area contributed by atoms with E-state index >= 15 is 0 Å². The van der Waals surface area contributed by atoms with Gasteiger partial charge in [0.15, 0.2) is 0 Å². The molecule has 0 spiro atoms. The minimum Gasteiger partial charge on any atom is -0.329 e. The average molecular weight is 223 g/mol. The topological polar surface area (TPSA) is 41.3 Å². The summed E-state index contributed by atoms with van der Waals surface area (Å²) in [6.45, 7) is 3.39. The zero-order valence-electron chi connectivity index (χ0n) is 10.3. The Bertz CT molecular complexity index is 250. The van der Waals surface area contributed by atoms with Gasteiger partial charge < -0.3 is 11.1 Å². The Hall–Kier alpha value is -0.120. The van der Waals surface area contributed by atoms with Gasteiger partial charge in [0.25, 0.3) is 0 Å². The highest BCUT2D eigenvalue weighted by Crippen LogP contribution is 2.37. The Labute approximate surface area is 98.8 Å². The van der Waals surface area contributed by atoms with Crippen LogP contribution in [0.15, 0.2) is 0 Å². The molecule has 0 radical (unpaired) electrons. The maximum Gasteiger partial charge on any atom is 0.0475 e. The van der Waals surface area contributed by atoms with E-state index in [1.54, 1.807) is 0 Å². The third-order valence-electron chi connectivity index (χ3n) is 5.06. The fourth-order valence-electron chi connectivity index (χ4n) is 4.17. The Morgan fingerprint density at radius 1 is 1.12 bits per heavy atom. The SMILES string of the molecule is NCC1(NC2CCCC2)CCN2CCCC21. The van der Waals surface area contributed by atoms with E-state index in [0.717, 1.165) is 18.6 Å². The maximum atomic E-state index is 6.11. The molecule has 3 aliphatic rings. The van der Waals surface area contributed by atoms with Gasteiger partial charge in [0.05, 0.1) is 0 Å². The summed E-state index contributed by atoms with van der Waals surface area (Å²) < 4.78 is 0. The van der Waals surface area contributed by atoms with E-state index in [1.807, 2.05) is 0 Å². The number of nitrogens with zero attached hydrogens (tertiary/aromatic N) is 1. The van der Waals surface area contributed by atoms with Crippen molar-refractivity contribution < 1.29 is 0 Å². The third kappa shape index (κ3) is 1.69. The van der Waals surface area contributed by atoms with E-state index in [4.69, 9.17) is 5.73 Å². The lowest BCUT2D eigenvalue weighted by molar-refractivity contribution is 0.210. The number of fused-ring (bicyclic) bond motifs is 1. The predicted molar refractivity (Wildman–Crippen MR) is 66.4 cm³/mol. The molecule has 2 unspecified atom stereocenters. The molecule has 3 fully saturated rings. The molecule has 3 N–H and O–H groups in total. The van der Waals surface area contributed by atoms with Crippen LogP contribution in [0.5, 0.6) is 0 Å². The second-order valence-electron chi connectivity index (χ2n) is 5.93. The van der Waals surface area contributed by atoms with Crippen LogP contribution >= 0.6 is 0 Å². The number of rotatable bonds is 3. The van der Waals surface area contributed by atoms with Gasteiger partial charge in [-0.15, -0.1) is 0 Å². The zero-order valence-corrected chi connectivity index (χ0v) is 10.3. The van der Waals surface area contributed by atoms with Gasteiger partial charge in [-0.2, -0.15) is 0 Å². The Balaban J connectivity index is 1.72. The van der Waals surface area contributed by atoms with E-state index in [1.165, 1.54) is 58.0 Å². The third-order valence-corrected chi connectivity index (χ3v) is 5.06. The van der Waals surface area contributed by atoms with Gasteiger partial charge in [0.1, 0.15) is 0 Å². The minimum absolute atomic E-state index is 0.255. The fraction of sp³-hybridized carbons (Fsp3) is 1.00. The van der Waals surface area contributed by atoms with Gasteiger partial charge >= 0.3 is 0 Å². The number of hydrogen-bond donors (Lipinski definition) is 2. The summed E-state index contributed by atoms with van der Waals surface area (Å²) in [7, 11) is 0. The molecule has 0 aromatic rings. The predicted octanol–water partition coefficient (Wildman–Crippen LogP) is 1.08. The number of nitrogens with one attached hydrogen (secondary N) is 1. The van der Waals surface area contributed by atoms with Crippen molar-refractivity contribution in [1.29, 1.82) is 0 Å². The van der Waals surface area contributed by atoms with Crippen molar-refractivity contribution in [2.45, 2.75) is 62.6 Å². The lowest BCUT2D eigenvalue weighted by Gasteiger charge is -2.38. The molecular formula is C13H25N3. The summed E-state index contributed by atoms with van der Waals surface area (Å²) >= 11 is 0. The van der Waals surface area contributed by atoms with Crippen LogP contribution < -0.4 is 11.1 Å². The first-order valence-corrected chi connectivity index (χ1v) is 7.06. The molecule has 0 bridgehead atoms. The summed E-state index contributed by atoms with van der Waals surface area (Å²) in [5.41, 5.74) is 6.37. The molecule has 2 aliphatic heterocycles. The molecule has 0 amide bonds. The normalized spacial score (nSPS) is 40.7. The summed E-state index contributed by atoms with van der Waals surface area (Å²) in [6.07, 6.45) is 9.56. The first-order chi connectivity index (χ1) is 7.84. The standard InChI is InChI=1S/C13H25N3/c14-10-13(15-11-4-1-2-5-11)7-9-16-8-3-6-12(13)16/h11-12,15H,1-10,14H2. The molecule has 3 nitrogen and oxygen atoms in total. The summed E-state index contributed by atoms with van der Waals surface area (Å²) in [5.74, 6) is 0. The number of hydrogen-bond acceptors (Lipinski definition) is 3. The van der Waals surface area contributed by atoms with Gasteiger partial charge in [-0.05, 0) is 38.6 Å². The molecule has 1 aliphatic carbocycles. The summed E-state index contributed by atoms with van der Waals surface area (Å²) in [5, 5.41) is 3.95. The molecule has 16 heavy (non-hydrogen) atoms. The zero-order chi connectivity index (χ0) is 11.0. The summed E-state index contributed by atoms with van der Waals surface area (Å²) in [4.78, 5) is 2.66. The van der Waals surface area contributed by atoms with Crippen molar-refractivity contribution in [2.24, 2.45) is 5.73 Å². The van der Waals surface area contributed by atoms with Crippen LogP contribution in [0, 0.1) is 0 Å². The highest BCUT2D eigenvalue weighted by atomic mass is 15.3. The van der Waals surface area contributed by atoms with Gasteiger partial charge in [-0.1, -0.05) is 12.8 Å². The second-order valence-corrected chi connectivity index (χ2v) is 5.93. The fourth-order valence-corrected chi connectivity index (χ4v) is 4.17. The van der Waals surface area contributed by atoms with E-state index in [2.05, 4.69) is 10.2 Å².